The molecule has 0 aliphatic carbocycles. The number of halogens is 1. The predicted octanol–water partition coefficient (Wildman–Crippen LogP) is 2.90. The average molecular weight is 396 g/mol. The van der Waals surface area contributed by atoms with E-state index in [2.05, 4.69) is 27.4 Å². The Balaban J connectivity index is 1.96. The first kappa shape index (κ1) is 17.6. The number of benzene rings is 2. The fourth-order valence-corrected chi connectivity index (χ4v) is 4.06. The first-order valence-corrected chi connectivity index (χ1v) is 9.38. The van der Waals surface area contributed by atoms with Crippen LogP contribution in [0.1, 0.15) is 5.56 Å². The van der Waals surface area contributed by atoms with E-state index in [1.54, 1.807) is 19.1 Å². The number of para-hydroxylation sites is 1. The highest BCUT2D eigenvalue weighted by molar-refractivity contribution is 7.93. The van der Waals surface area contributed by atoms with E-state index in [-0.39, 0.29) is 21.7 Å². The Labute approximate surface area is 155 Å². The van der Waals surface area contributed by atoms with E-state index in [1.807, 2.05) is 18.2 Å². The molecule has 0 aliphatic rings. The molecule has 1 heterocycles. The molecule has 2 aromatic carbocycles. The standard InChI is InChI=1S/C15H14ClN5O2S2/c1-9-7-13(12(24)8-11(9)16)25(22,23)20-15-18-14(17)21(19-15)10-5-3-2-4-6-10/h2-8,24H,1H3,(H3,17,18,19,20). The molecule has 0 radical (unpaired) electrons. The molecule has 1 aromatic heterocycles. The van der Waals surface area contributed by atoms with Crippen LogP contribution in [-0.4, -0.2) is 23.2 Å². The molecule has 3 N–H and O–H groups in total. The van der Waals surface area contributed by atoms with Crippen LogP contribution in [0.3, 0.4) is 0 Å². The van der Waals surface area contributed by atoms with Crippen molar-refractivity contribution in [2.45, 2.75) is 16.7 Å². The van der Waals surface area contributed by atoms with Crippen molar-refractivity contribution in [1.82, 2.24) is 14.8 Å². The number of aromatic nitrogens is 3. The van der Waals surface area contributed by atoms with E-state index >= 15 is 0 Å². The fourth-order valence-electron chi connectivity index (χ4n) is 2.16. The summed E-state index contributed by atoms with van der Waals surface area (Å²) < 4.78 is 28.9. The molecule has 0 amide bonds. The summed E-state index contributed by atoms with van der Waals surface area (Å²) in [7, 11) is -3.95. The van der Waals surface area contributed by atoms with E-state index < -0.39 is 10.0 Å². The van der Waals surface area contributed by atoms with Crippen molar-refractivity contribution < 1.29 is 8.42 Å². The van der Waals surface area contributed by atoms with Gasteiger partial charge in [0, 0.05) is 9.92 Å². The van der Waals surface area contributed by atoms with E-state index in [4.69, 9.17) is 17.3 Å². The molecule has 0 unspecified atom stereocenters. The third-order valence-electron chi connectivity index (χ3n) is 3.39. The van der Waals surface area contributed by atoms with Crippen molar-refractivity contribution in [3.8, 4) is 5.69 Å². The minimum Gasteiger partial charge on any atom is -0.368 e. The van der Waals surface area contributed by atoms with Crippen LogP contribution in [0, 0.1) is 6.92 Å². The van der Waals surface area contributed by atoms with E-state index in [9.17, 15) is 8.42 Å². The zero-order chi connectivity index (χ0) is 18.2. The summed E-state index contributed by atoms with van der Waals surface area (Å²) >= 11 is 10.2. The zero-order valence-electron chi connectivity index (χ0n) is 13.0. The van der Waals surface area contributed by atoms with Gasteiger partial charge in [0.05, 0.1) is 5.69 Å². The van der Waals surface area contributed by atoms with Crippen LogP contribution in [0.5, 0.6) is 0 Å². The van der Waals surface area contributed by atoms with E-state index in [0.717, 1.165) is 0 Å². The van der Waals surface area contributed by atoms with Gasteiger partial charge in [-0.15, -0.1) is 17.7 Å². The molecule has 25 heavy (non-hydrogen) atoms. The second kappa shape index (κ2) is 6.58. The second-order valence-corrected chi connectivity index (χ2v) is 7.76. The number of nitrogens with one attached hydrogen (secondary N) is 1. The van der Waals surface area contributed by atoms with Crippen molar-refractivity contribution in [2.75, 3.05) is 10.5 Å². The number of anilines is 2. The third kappa shape index (κ3) is 3.58. The number of nitrogens with zero attached hydrogens (tertiary/aromatic N) is 3. The molecule has 0 atom stereocenters. The van der Waals surface area contributed by atoms with Gasteiger partial charge >= 0.3 is 0 Å². The lowest BCUT2D eigenvalue weighted by Crippen LogP contribution is -2.15. The molecule has 0 aliphatic heterocycles. The lowest BCUT2D eigenvalue weighted by Gasteiger charge is -2.09. The largest absolute Gasteiger partial charge is 0.368 e. The lowest BCUT2D eigenvalue weighted by atomic mass is 10.2. The van der Waals surface area contributed by atoms with E-state index in [1.165, 1.54) is 16.8 Å². The minimum atomic E-state index is -3.95. The number of nitrogen functional groups attached to an aromatic ring is 1. The SMILES string of the molecule is Cc1cc(S(=O)(=O)Nc2nc(N)n(-c3ccccc3)n2)c(S)cc1Cl. The van der Waals surface area contributed by atoms with Gasteiger partial charge < -0.3 is 5.73 Å². The number of sulfonamides is 1. The van der Waals surface area contributed by atoms with Crippen molar-refractivity contribution in [3.05, 3.63) is 53.1 Å². The van der Waals surface area contributed by atoms with Crippen LogP contribution in [0.15, 0.2) is 52.3 Å². The first-order chi connectivity index (χ1) is 11.8. The van der Waals surface area contributed by atoms with Crippen molar-refractivity contribution >= 4 is 46.1 Å². The first-order valence-electron chi connectivity index (χ1n) is 7.08. The highest BCUT2D eigenvalue weighted by Gasteiger charge is 2.21. The van der Waals surface area contributed by atoms with Gasteiger partial charge in [0.15, 0.2) is 0 Å². The molecule has 10 heteroatoms. The molecular formula is C15H14ClN5O2S2. The molecule has 0 saturated heterocycles. The van der Waals surface area contributed by atoms with Crippen LogP contribution >= 0.6 is 24.2 Å². The summed E-state index contributed by atoms with van der Waals surface area (Å²) in [5.41, 5.74) is 7.10. The molecule has 0 fully saturated rings. The Hall–Kier alpha value is -2.23. The monoisotopic (exact) mass is 395 g/mol. The van der Waals surface area contributed by atoms with Crippen LogP contribution < -0.4 is 10.5 Å². The predicted molar refractivity (Wildman–Crippen MR) is 100 cm³/mol. The topological polar surface area (TPSA) is 103 Å². The van der Waals surface area contributed by atoms with Gasteiger partial charge in [-0.25, -0.2) is 13.1 Å². The number of rotatable bonds is 4. The number of thiol groups is 1. The Morgan fingerprint density at radius 2 is 1.92 bits per heavy atom. The molecule has 7 nitrogen and oxygen atoms in total. The van der Waals surface area contributed by atoms with Crippen LogP contribution in [-0.2, 0) is 10.0 Å². The highest BCUT2D eigenvalue weighted by Crippen LogP contribution is 2.28. The summed E-state index contributed by atoms with van der Waals surface area (Å²) in [5, 5.41) is 4.53. The van der Waals surface area contributed by atoms with Crippen LogP contribution in [0.2, 0.25) is 5.02 Å². The Morgan fingerprint density at radius 1 is 1.24 bits per heavy atom. The Bertz CT molecular complexity index is 1040. The van der Waals surface area contributed by atoms with Crippen LogP contribution in [0.4, 0.5) is 11.9 Å². The van der Waals surface area contributed by atoms with Gasteiger partial charge in [0.2, 0.25) is 5.95 Å². The quantitative estimate of drug-likeness (QED) is 0.589. The number of hydrogen-bond acceptors (Lipinski definition) is 6. The highest BCUT2D eigenvalue weighted by atomic mass is 35.5. The minimum absolute atomic E-state index is 0.0210. The number of nitrogens with two attached hydrogens (primary N) is 1. The fraction of sp³-hybridized carbons (Fsp3) is 0.0667. The Kier molecular flexibility index (Phi) is 4.63. The summed E-state index contributed by atoms with van der Waals surface area (Å²) in [6, 6.07) is 11.9. The molecule has 3 rings (SSSR count). The lowest BCUT2D eigenvalue weighted by molar-refractivity contribution is 0.598. The van der Waals surface area contributed by atoms with Crippen LogP contribution in [0.25, 0.3) is 5.69 Å². The zero-order valence-corrected chi connectivity index (χ0v) is 15.5. The van der Waals surface area contributed by atoms with Gasteiger partial charge in [0.25, 0.3) is 16.0 Å². The summed E-state index contributed by atoms with van der Waals surface area (Å²) in [6.07, 6.45) is 0. The second-order valence-electron chi connectivity index (χ2n) is 5.22. The molecule has 3 aromatic rings. The molecule has 130 valence electrons. The van der Waals surface area contributed by atoms with Crippen molar-refractivity contribution in [1.29, 1.82) is 0 Å². The summed E-state index contributed by atoms with van der Waals surface area (Å²) in [4.78, 5) is 4.16. The Morgan fingerprint density at radius 3 is 2.60 bits per heavy atom. The smallest absolute Gasteiger partial charge is 0.265 e. The molecular weight excluding hydrogens is 382 g/mol. The maximum absolute atomic E-state index is 12.6. The van der Waals surface area contributed by atoms with Gasteiger partial charge in [-0.2, -0.15) is 9.67 Å². The number of hydrogen-bond donors (Lipinski definition) is 3. The van der Waals surface area contributed by atoms with Gasteiger partial charge in [-0.05, 0) is 36.8 Å². The van der Waals surface area contributed by atoms with E-state index in [0.29, 0.717) is 16.3 Å². The summed E-state index contributed by atoms with van der Waals surface area (Å²) in [6.45, 7) is 1.70. The van der Waals surface area contributed by atoms with Crippen molar-refractivity contribution in [2.24, 2.45) is 0 Å². The normalized spacial score (nSPS) is 11.5. The maximum Gasteiger partial charge on any atom is 0.265 e. The van der Waals surface area contributed by atoms with Gasteiger partial charge in [-0.3, -0.25) is 0 Å². The summed E-state index contributed by atoms with van der Waals surface area (Å²) in [5.74, 6) is -0.0797. The number of aryl methyl sites for hydroxylation is 1. The third-order valence-corrected chi connectivity index (χ3v) is 5.68. The van der Waals surface area contributed by atoms with Gasteiger partial charge in [0.1, 0.15) is 4.90 Å². The molecule has 0 saturated carbocycles. The molecule has 0 spiro atoms. The average Bonchev–Trinajstić information content (AvgIpc) is 2.91. The van der Waals surface area contributed by atoms with Crippen molar-refractivity contribution in [3.63, 3.8) is 0 Å². The molecule has 0 bridgehead atoms. The maximum atomic E-state index is 12.6. The van der Waals surface area contributed by atoms with Gasteiger partial charge in [-0.1, -0.05) is 29.8 Å².